The highest BCUT2D eigenvalue weighted by molar-refractivity contribution is 5.91. The normalized spacial score (nSPS) is 17.2. The lowest BCUT2D eigenvalue weighted by Gasteiger charge is -2.40. The quantitative estimate of drug-likeness (QED) is 0.816. The Morgan fingerprint density at radius 1 is 1.58 bits per heavy atom. The summed E-state index contributed by atoms with van der Waals surface area (Å²) in [5, 5.41) is 16.3. The monoisotopic (exact) mass is 261 g/mol. The van der Waals surface area contributed by atoms with Crippen LogP contribution in [0.4, 0.5) is 0 Å². The Morgan fingerprint density at radius 2 is 2.37 bits per heavy atom. The molecule has 2 heterocycles. The zero-order chi connectivity index (χ0) is 13.5. The van der Waals surface area contributed by atoms with Crippen LogP contribution in [0.15, 0.2) is 12.3 Å². The van der Waals surface area contributed by atoms with Gasteiger partial charge in [0.25, 0.3) is 11.7 Å². The number of rotatable bonds is 3. The minimum atomic E-state index is -0.489. The van der Waals surface area contributed by atoms with Gasteiger partial charge in [0.05, 0.1) is 12.1 Å². The molecule has 19 heavy (non-hydrogen) atoms. The van der Waals surface area contributed by atoms with E-state index in [1.165, 1.54) is 4.52 Å². The number of hydrogen-bond acceptors (Lipinski definition) is 5. The maximum absolute atomic E-state index is 12.1. The van der Waals surface area contributed by atoms with Gasteiger partial charge in [-0.1, -0.05) is 0 Å². The summed E-state index contributed by atoms with van der Waals surface area (Å²) in [6, 6.07) is 1.80. The molecule has 0 saturated heterocycles. The molecule has 100 valence electrons. The third kappa shape index (κ3) is 1.95. The number of carbonyl (C=O) groups is 1. The first-order valence-corrected chi connectivity index (χ1v) is 6.25. The van der Waals surface area contributed by atoms with Crippen LogP contribution >= 0.6 is 0 Å². The topological polar surface area (TPSA) is 92.4 Å². The van der Waals surface area contributed by atoms with Gasteiger partial charge in [-0.3, -0.25) is 4.79 Å². The molecular formula is C12H15N5O2. The number of aryl methyl sites for hydroxylation is 1. The van der Waals surface area contributed by atoms with Crippen LogP contribution in [0.3, 0.4) is 0 Å². The number of aliphatic hydroxyl groups excluding tert-OH is 1. The summed E-state index contributed by atoms with van der Waals surface area (Å²) in [7, 11) is 0. The molecule has 0 unspecified atom stereocenters. The first-order chi connectivity index (χ1) is 9.13. The van der Waals surface area contributed by atoms with Crippen LogP contribution in [-0.4, -0.2) is 42.7 Å². The average Bonchev–Trinajstić information content (AvgIpc) is 2.79. The summed E-state index contributed by atoms with van der Waals surface area (Å²) >= 11 is 0. The summed E-state index contributed by atoms with van der Waals surface area (Å²) in [5.41, 5.74) is 0.369. The van der Waals surface area contributed by atoms with E-state index < -0.39 is 5.54 Å². The van der Waals surface area contributed by atoms with Crippen molar-refractivity contribution in [3.63, 3.8) is 0 Å². The molecule has 1 aliphatic carbocycles. The first-order valence-electron chi connectivity index (χ1n) is 6.25. The van der Waals surface area contributed by atoms with Crippen LogP contribution in [-0.2, 0) is 0 Å². The predicted molar refractivity (Wildman–Crippen MR) is 66.7 cm³/mol. The number of nitrogens with one attached hydrogen (secondary N) is 1. The molecule has 1 fully saturated rings. The van der Waals surface area contributed by atoms with Crippen molar-refractivity contribution >= 4 is 11.7 Å². The zero-order valence-corrected chi connectivity index (χ0v) is 10.6. The highest BCUT2D eigenvalue weighted by atomic mass is 16.3. The average molecular weight is 261 g/mol. The van der Waals surface area contributed by atoms with Crippen molar-refractivity contribution in [2.24, 2.45) is 0 Å². The standard InChI is InChI=1S/C12H15N5O2/c1-8-3-6-13-11-14-9(16-17(8)11)10(19)15-12(7-18)4-2-5-12/h3,6,18H,2,4-5,7H2,1H3,(H,15,19). The predicted octanol–water partition coefficient (Wildman–Crippen LogP) is 0.0775. The number of amides is 1. The molecule has 0 spiro atoms. The number of aliphatic hydroxyl groups is 1. The number of aromatic nitrogens is 4. The van der Waals surface area contributed by atoms with Crippen molar-refractivity contribution in [2.45, 2.75) is 31.7 Å². The van der Waals surface area contributed by atoms with Gasteiger partial charge >= 0.3 is 0 Å². The molecule has 0 radical (unpaired) electrons. The number of hydrogen-bond donors (Lipinski definition) is 2. The molecule has 1 amide bonds. The van der Waals surface area contributed by atoms with E-state index in [4.69, 9.17) is 0 Å². The fourth-order valence-electron chi connectivity index (χ4n) is 2.23. The van der Waals surface area contributed by atoms with Crippen LogP contribution in [0.5, 0.6) is 0 Å². The van der Waals surface area contributed by atoms with Gasteiger partial charge in [-0.15, -0.1) is 5.10 Å². The molecular weight excluding hydrogens is 246 g/mol. The molecule has 2 N–H and O–H groups in total. The van der Waals surface area contributed by atoms with Crippen molar-refractivity contribution in [3.05, 3.63) is 23.8 Å². The molecule has 1 saturated carbocycles. The minimum absolute atomic E-state index is 0.0522. The van der Waals surface area contributed by atoms with Gasteiger partial charge in [-0.2, -0.15) is 4.98 Å². The molecule has 0 aromatic carbocycles. The molecule has 2 aromatic rings. The van der Waals surface area contributed by atoms with Crippen LogP contribution < -0.4 is 5.32 Å². The number of fused-ring (bicyclic) bond motifs is 1. The molecule has 0 bridgehead atoms. The maximum atomic E-state index is 12.1. The van der Waals surface area contributed by atoms with E-state index in [1.54, 1.807) is 12.3 Å². The lowest BCUT2D eigenvalue weighted by molar-refractivity contribution is 0.0633. The highest BCUT2D eigenvalue weighted by Gasteiger charge is 2.38. The van der Waals surface area contributed by atoms with Crippen LogP contribution in [0.25, 0.3) is 5.78 Å². The van der Waals surface area contributed by atoms with Gasteiger partial charge < -0.3 is 10.4 Å². The van der Waals surface area contributed by atoms with Gasteiger partial charge in [0.1, 0.15) is 0 Å². The van der Waals surface area contributed by atoms with Crippen LogP contribution in [0.2, 0.25) is 0 Å². The Hall–Kier alpha value is -2.02. The van der Waals surface area contributed by atoms with Gasteiger partial charge in [0, 0.05) is 11.9 Å². The molecule has 7 nitrogen and oxygen atoms in total. The fraction of sp³-hybridized carbons (Fsp3) is 0.500. The van der Waals surface area contributed by atoms with Gasteiger partial charge in [-0.25, -0.2) is 9.50 Å². The second-order valence-corrected chi connectivity index (χ2v) is 4.98. The van der Waals surface area contributed by atoms with Crippen LogP contribution in [0.1, 0.15) is 35.6 Å². The zero-order valence-electron chi connectivity index (χ0n) is 10.6. The summed E-state index contributed by atoms with van der Waals surface area (Å²) in [5.74, 6) is 0.122. The summed E-state index contributed by atoms with van der Waals surface area (Å²) < 4.78 is 1.53. The van der Waals surface area contributed by atoms with E-state index in [0.717, 1.165) is 25.0 Å². The lowest BCUT2D eigenvalue weighted by atomic mass is 9.77. The lowest BCUT2D eigenvalue weighted by Crippen LogP contribution is -2.56. The van der Waals surface area contributed by atoms with E-state index >= 15 is 0 Å². The van der Waals surface area contributed by atoms with Crippen molar-refractivity contribution in [1.82, 2.24) is 24.9 Å². The Kier molecular flexibility index (Phi) is 2.70. The Morgan fingerprint density at radius 3 is 2.95 bits per heavy atom. The summed E-state index contributed by atoms with van der Waals surface area (Å²) in [6.45, 7) is 1.82. The Labute approximate surface area is 109 Å². The Bertz CT molecular complexity index is 627. The van der Waals surface area contributed by atoms with Crippen molar-refractivity contribution in [3.8, 4) is 0 Å². The molecule has 3 rings (SSSR count). The van der Waals surface area contributed by atoms with E-state index in [0.29, 0.717) is 5.78 Å². The van der Waals surface area contributed by atoms with Gasteiger partial charge in [0.2, 0.25) is 5.82 Å². The number of carbonyl (C=O) groups excluding carboxylic acids is 1. The molecule has 7 heteroatoms. The molecule has 2 aromatic heterocycles. The maximum Gasteiger partial charge on any atom is 0.291 e. The third-order valence-electron chi connectivity index (χ3n) is 3.63. The van der Waals surface area contributed by atoms with Gasteiger partial charge in [0.15, 0.2) is 0 Å². The summed E-state index contributed by atoms with van der Waals surface area (Å²) in [4.78, 5) is 20.3. The second-order valence-electron chi connectivity index (χ2n) is 4.98. The SMILES string of the molecule is Cc1ccnc2nc(C(=O)NC3(CO)CCC3)nn12. The Balaban J connectivity index is 1.87. The summed E-state index contributed by atoms with van der Waals surface area (Å²) in [6.07, 6.45) is 4.22. The van der Waals surface area contributed by atoms with Crippen molar-refractivity contribution < 1.29 is 9.90 Å². The van der Waals surface area contributed by atoms with E-state index in [-0.39, 0.29) is 18.3 Å². The first kappa shape index (κ1) is 12.0. The molecule has 0 atom stereocenters. The minimum Gasteiger partial charge on any atom is -0.394 e. The van der Waals surface area contributed by atoms with E-state index in [9.17, 15) is 9.90 Å². The fourth-order valence-corrected chi connectivity index (χ4v) is 2.23. The largest absolute Gasteiger partial charge is 0.394 e. The van der Waals surface area contributed by atoms with Crippen molar-refractivity contribution in [2.75, 3.05) is 6.61 Å². The van der Waals surface area contributed by atoms with Crippen LogP contribution in [0, 0.1) is 6.92 Å². The third-order valence-corrected chi connectivity index (χ3v) is 3.63. The van der Waals surface area contributed by atoms with Gasteiger partial charge in [-0.05, 0) is 32.3 Å². The smallest absolute Gasteiger partial charge is 0.291 e. The second kappa shape index (κ2) is 4.27. The van der Waals surface area contributed by atoms with E-state index in [1.807, 2.05) is 6.92 Å². The van der Waals surface area contributed by atoms with Crippen molar-refractivity contribution in [1.29, 1.82) is 0 Å². The van der Waals surface area contributed by atoms with E-state index in [2.05, 4.69) is 20.4 Å². The molecule has 0 aliphatic heterocycles. The highest BCUT2D eigenvalue weighted by Crippen LogP contribution is 2.31. The molecule has 1 aliphatic rings. The number of nitrogens with zero attached hydrogens (tertiary/aromatic N) is 4.